The Balaban J connectivity index is 2.54. The van der Waals surface area contributed by atoms with Gasteiger partial charge in [0.25, 0.3) is 6.08 Å². The molecule has 0 aliphatic rings. The van der Waals surface area contributed by atoms with Crippen molar-refractivity contribution in [3.05, 3.63) is 30.1 Å². The Morgan fingerprint density at radius 2 is 2.00 bits per heavy atom. The van der Waals surface area contributed by atoms with Crippen LogP contribution < -0.4 is 0 Å². The van der Waals surface area contributed by atoms with Gasteiger partial charge in [0.2, 0.25) is 0 Å². The molecule has 6 heteroatoms. The van der Waals surface area contributed by atoms with Crippen LogP contribution in [0.4, 0.5) is 13.6 Å². The largest absolute Gasteiger partial charge is 0.443 e. The number of halogens is 2. The maximum absolute atomic E-state index is 13.6. The Bertz CT molecular complexity index is 614. The quantitative estimate of drug-likeness (QED) is 0.725. The number of carbonyl (C=O) groups is 1. The Morgan fingerprint density at radius 3 is 2.61 bits per heavy atom. The molecule has 2 aromatic rings. The van der Waals surface area contributed by atoms with Crippen molar-refractivity contribution in [2.24, 2.45) is 0 Å². The summed E-state index contributed by atoms with van der Waals surface area (Å²) in [5.41, 5.74) is -0.921. The average molecular weight is 254 g/mol. The molecule has 4 nitrogen and oxygen atoms in total. The third-order valence-corrected chi connectivity index (χ3v) is 2.17. The molecule has 1 aromatic carbocycles. The molecule has 18 heavy (non-hydrogen) atoms. The van der Waals surface area contributed by atoms with Crippen molar-refractivity contribution < 1.29 is 18.3 Å². The number of carbonyl (C=O) groups excluding carboxylic acids is 1. The fourth-order valence-corrected chi connectivity index (χ4v) is 1.52. The van der Waals surface area contributed by atoms with E-state index in [2.05, 4.69) is 4.98 Å². The Labute approximate surface area is 102 Å². The number of ether oxygens (including phenoxy) is 1. The van der Waals surface area contributed by atoms with Gasteiger partial charge in [-0.2, -0.15) is 9.37 Å². The maximum atomic E-state index is 13.6. The van der Waals surface area contributed by atoms with Crippen LogP contribution in [0.5, 0.6) is 0 Å². The van der Waals surface area contributed by atoms with Gasteiger partial charge in [-0.25, -0.2) is 13.8 Å². The van der Waals surface area contributed by atoms with Crippen LogP contribution in [0.2, 0.25) is 0 Å². The van der Waals surface area contributed by atoms with Crippen molar-refractivity contribution in [2.75, 3.05) is 0 Å². The summed E-state index contributed by atoms with van der Waals surface area (Å²) in [6, 6.07) is 3.92. The molecule has 96 valence electrons. The molecule has 0 atom stereocenters. The molecule has 1 aromatic heterocycles. The second kappa shape index (κ2) is 4.04. The minimum atomic E-state index is -1.09. The van der Waals surface area contributed by atoms with Crippen molar-refractivity contribution in [3.63, 3.8) is 0 Å². The monoisotopic (exact) mass is 254 g/mol. The van der Waals surface area contributed by atoms with Gasteiger partial charge < -0.3 is 4.74 Å². The summed E-state index contributed by atoms with van der Waals surface area (Å²) in [6.45, 7) is 4.97. The van der Waals surface area contributed by atoms with Crippen LogP contribution in [0.1, 0.15) is 20.8 Å². The van der Waals surface area contributed by atoms with Crippen LogP contribution in [0.15, 0.2) is 18.2 Å². The predicted octanol–water partition coefficient (Wildman–Crippen LogP) is 3.10. The van der Waals surface area contributed by atoms with E-state index in [1.807, 2.05) is 0 Å². The fourth-order valence-electron chi connectivity index (χ4n) is 1.52. The van der Waals surface area contributed by atoms with Gasteiger partial charge in [-0.05, 0) is 32.9 Å². The van der Waals surface area contributed by atoms with Gasteiger partial charge >= 0.3 is 6.09 Å². The zero-order valence-corrected chi connectivity index (χ0v) is 10.2. The van der Waals surface area contributed by atoms with E-state index in [1.165, 1.54) is 12.1 Å². The molecule has 0 radical (unpaired) electrons. The van der Waals surface area contributed by atoms with E-state index >= 15 is 0 Å². The highest BCUT2D eigenvalue weighted by atomic mass is 19.1. The summed E-state index contributed by atoms with van der Waals surface area (Å²) in [6.07, 6.45) is -2.02. The summed E-state index contributed by atoms with van der Waals surface area (Å²) in [7, 11) is 0. The van der Waals surface area contributed by atoms with E-state index in [9.17, 15) is 13.6 Å². The number of fused-ring (bicyclic) bond motifs is 1. The number of imidazole rings is 1. The number of aromatic nitrogens is 2. The maximum Gasteiger partial charge on any atom is 0.422 e. The van der Waals surface area contributed by atoms with Crippen LogP contribution in [-0.4, -0.2) is 21.2 Å². The van der Waals surface area contributed by atoms with Crippen LogP contribution >= 0.6 is 0 Å². The summed E-state index contributed by atoms with van der Waals surface area (Å²) in [5, 5.41) is 0. The summed E-state index contributed by atoms with van der Waals surface area (Å²) in [5.74, 6) is -0.686. The highest BCUT2D eigenvalue weighted by Crippen LogP contribution is 2.20. The fraction of sp³-hybridized carbons (Fsp3) is 0.333. The zero-order valence-electron chi connectivity index (χ0n) is 10.2. The van der Waals surface area contributed by atoms with Crippen molar-refractivity contribution in [3.8, 4) is 0 Å². The topological polar surface area (TPSA) is 44.1 Å². The van der Waals surface area contributed by atoms with Gasteiger partial charge in [0.15, 0.2) is 5.82 Å². The summed E-state index contributed by atoms with van der Waals surface area (Å²) >= 11 is 0. The third kappa shape index (κ3) is 2.18. The molecule has 2 rings (SSSR count). The summed E-state index contributed by atoms with van der Waals surface area (Å²) in [4.78, 5) is 15.2. The number of rotatable bonds is 0. The van der Waals surface area contributed by atoms with Crippen LogP contribution in [-0.2, 0) is 4.74 Å². The number of hydrogen-bond donors (Lipinski definition) is 0. The standard InChI is InChI=1S/C12H12F2N2O2/c1-12(2,3)18-11(17)16-8-6-4-5-7(13)9(8)15-10(16)14/h4-6H,1-3H3. The van der Waals surface area contributed by atoms with Crippen LogP contribution in [0, 0.1) is 11.9 Å². The zero-order chi connectivity index (χ0) is 13.5. The third-order valence-electron chi connectivity index (χ3n) is 2.17. The van der Waals surface area contributed by atoms with Crippen molar-refractivity contribution in [1.29, 1.82) is 0 Å². The first-order valence-corrected chi connectivity index (χ1v) is 5.35. The van der Waals surface area contributed by atoms with E-state index in [0.29, 0.717) is 4.57 Å². The molecule has 0 spiro atoms. The Kier molecular flexibility index (Phi) is 2.80. The molecule has 0 unspecified atom stereocenters. The number of para-hydroxylation sites is 1. The van der Waals surface area contributed by atoms with E-state index in [1.54, 1.807) is 20.8 Å². The van der Waals surface area contributed by atoms with Gasteiger partial charge in [-0.15, -0.1) is 0 Å². The predicted molar refractivity (Wildman–Crippen MR) is 61.3 cm³/mol. The highest BCUT2D eigenvalue weighted by molar-refractivity contribution is 5.87. The number of benzene rings is 1. The number of hydrogen-bond acceptors (Lipinski definition) is 3. The van der Waals surface area contributed by atoms with Crippen LogP contribution in [0.3, 0.4) is 0 Å². The van der Waals surface area contributed by atoms with Gasteiger partial charge in [0.05, 0.1) is 5.52 Å². The van der Waals surface area contributed by atoms with Gasteiger partial charge in [-0.1, -0.05) is 6.07 Å². The summed E-state index contributed by atoms with van der Waals surface area (Å²) < 4.78 is 32.6. The van der Waals surface area contributed by atoms with E-state index in [4.69, 9.17) is 4.74 Å². The van der Waals surface area contributed by atoms with Gasteiger partial charge in [0, 0.05) is 0 Å². The molecule has 0 amide bonds. The SMILES string of the molecule is CC(C)(C)OC(=O)n1c(F)nc2c(F)cccc21. The molecule has 1 heterocycles. The molecule has 0 bridgehead atoms. The Hall–Kier alpha value is -1.98. The second-order valence-electron chi connectivity index (χ2n) is 4.80. The molecule has 0 fully saturated rings. The minimum absolute atomic E-state index is 0.0433. The van der Waals surface area contributed by atoms with Gasteiger partial charge in [-0.3, -0.25) is 0 Å². The lowest BCUT2D eigenvalue weighted by Gasteiger charge is -2.19. The van der Waals surface area contributed by atoms with Crippen LogP contribution in [0.25, 0.3) is 11.0 Å². The lowest BCUT2D eigenvalue weighted by molar-refractivity contribution is 0.0524. The lowest BCUT2D eigenvalue weighted by atomic mass is 10.2. The molecule has 0 saturated carbocycles. The smallest absolute Gasteiger partial charge is 0.422 e. The molecule has 0 aliphatic heterocycles. The van der Waals surface area contributed by atoms with Crippen molar-refractivity contribution in [2.45, 2.75) is 26.4 Å². The lowest BCUT2D eigenvalue weighted by Crippen LogP contribution is -2.27. The van der Waals surface area contributed by atoms with E-state index in [-0.39, 0.29) is 11.0 Å². The molecule has 0 N–H and O–H groups in total. The molecule has 0 aliphatic carbocycles. The first-order valence-electron chi connectivity index (χ1n) is 5.35. The molecular weight excluding hydrogens is 242 g/mol. The molecule has 0 saturated heterocycles. The average Bonchev–Trinajstić information content (AvgIpc) is 2.53. The number of nitrogens with zero attached hydrogens (tertiary/aromatic N) is 2. The first kappa shape index (κ1) is 12.5. The highest BCUT2D eigenvalue weighted by Gasteiger charge is 2.24. The van der Waals surface area contributed by atoms with E-state index in [0.717, 1.165) is 6.07 Å². The van der Waals surface area contributed by atoms with Gasteiger partial charge in [0.1, 0.15) is 11.1 Å². The minimum Gasteiger partial charge on any atom is -0.443 e. The normalized spacial score (nSPS) is 11.8. The van der Waals surface area contributed by atoms with Crippen molar-refractivity contribution >= 4 is 17.1 Å². The second-order valence-corrected chi connectivity index (χ2v) is 4.80. The first-order chi connectivity index (χ1) is 8.29. The van der Waals surface area contributed by atoms with Crippen molar-refractivity contribution in [1.82, 2.24) is 9.55 Å². The molecular formula is C12H12F2N2O2. The Morgan fingerprint density at radius 1 is 1.33 bits per heavy atom. The van der Waals surface area contributed by atoms with E-state index < -0.39 is 23.6 Å².